The van der Waals surface area contributed by atoms with Crippen LogP contribution in [0.25, 0.3) is 0 Å². The molecule has 0 fully saturated rings. The van der Waals surface area contributed by atoms with Crippen molar-refractivity contribution in [1.82, 2.24) is 5.32 Å². The zero-order chi connectivity index (χ0) is 16.3. The van der Waals surface area contributed by atoms with Crippen molar-refractivity contribution in [1.29, 1.82) is 0 Å². The van der Waals surface area contributed by atoms with E-state index in [1.807, 2.05) is 27.7 Å². The highest BCUT2D eigenvalue weighted by Crippen LogP contribution is 2.37. The van der Waals surface area contributed by atoms with Gasteiger partial charge in [-0.3, -0.25) is 0 Å². The Kier molecular flexibility index (Phi) is 5.68. The fourth-order valence-electron chi connectivity index (χ4n) is 2.08. The molecule has 0 spiro atoms. The summed E-state index contributed by atoms with van der Waals surface area (Å²) in [6, 6.07) is 4.58. The molecule has 0 saturated heterocycles. The Hall–Kier alpha value is -1.23. The van der Waals surface area contributed by atoms with Crippen LogP contribution in [-0.2, 0) is 12.7 Å². The van der Waals surface area contributed by atoms with Crippen LogP contribution < -0.4 is 10.2 Å². The molecule has 0 aliphatic heterocycles. The van der Waals surface area contributed by atoms with Crippen molar-refractivity contribution in [2.45, 2.75) is 52.4 Å². The Balaban J connectivity index is 3.08. The molecule has 21 heavy (non-hydrogen) atoms. The maximum absolute atomic E-state index is 13.3. The van der Waals surface area contributed by atoms with Crippen LogP contribution in [0.15, 0.2) is 18.2 Å². The second-order valence-electron chi connectivity index (χ2n) is 6.37. The fraction of sp³-hybridized carbons (Fsp3) is 0.625. The van der Waals surface area contributed by atoms with Gasteiger partial charge in [-0.05, 0) is 44.9 Å². The highest BCUT2D eigenvalue weighted by Gasteiger charge is 2.34. The van der Waals surface area contributed by atoms with E-state index >= 15 is 0 Å². The normalized spacial score (nSPS) is 12.6. The van der Waals surface area contributed by atoms with E-state index in [1.54, 1.807) is 24.1 Å². The summed E-state index contributed by atoms with van der Waals surface area (Å²) in [7, 11) is 1.70. The van der Waals surface area contributed by atoms with Gasteiger partial charge in [0, 0.05) is 31.4 Å². The standard InChI is InChI=1S/C16H25F3N2/c1-6-9-21(5)14-8-7-12(11-20-15(2,3)4)10-13(14)16(17,18)19/h7-8,10,20H,6,9,11H2,1-5H3. The maximum Gasteiger partial charge on any atom is 0.418 e. The molecular formula is C16H25F3N2. The summed E-state index contributed by atoms with van der Waals surface area (Å²) in [5, 5.41) is 3.21. The average Bonchev–Trinajstić information content (AvgIpc) is 2.34. The van der Waals surface area contributed by atoms with Crippen LogP contribution in [0.1, 0.15) is 45.2 Å². The van der Waals surface area contributed by atoms with E-state index in [1.165, 1.54) is 6.07 Å². The predicted octanol–water partition coefficient (Wildman–Crippen LogP) is 4.44. The van der Waals surface area contributed by atoms with Crippen molar-refractivity contribution in [3.05, 3.63) is 29.3 Å². The Bertz CT molecular complexity index is 462. The topological polar surface area (TPSA) is 15.3 Å². The van der Waals surface area contributed by atoms with E-state index in [2.05, 4.69) is 5.32 Å². The average molecular weight is 302 g/mol. The van der Waals surface area contributed by atoms with Crippen LogP contribution >= 0.6 is 0 Å². The summed E-state index contributed by atoms with van der Waals surface area (Å²) >= 11 is 0. The van der Waals surface area contributed by atoms with E-state index in [0.29, 0.717) is 18.7 Å². The minimum Gasteiger partial charge on any atom is -0.374 e. The Morgan fingerprint density at radius 1 is 1.14 bits per heavy atom. The van der Waals surface area contributed by atoms with Crippen LogP contribution in [0.4, 0.5) is 18.9 Å². The summed E-state index contributed by atoms with van der Waals surface area (Å²) < 4.78 is 39.8. The molecule has 1 aromatic rings. The highest BCUT2D eigenvalue weighted by atomic mass is 19.4. The Morgan fingerprint density at radius 2 is 1.76 bits per heavy atom. The quantitative estimate of drug-likeness (QED) is 0.865. The first kappa shape index (κ1) is 17.8. The first-order chi connectivity index (χ1) is 9.54. The lowest BCUT2D eigenvalue weighted by molar-refractivity contribution is -0.137. The van der Waals surface area contributed by atoms with Gasteiger partial charge in [-0.2, -0.15) is 13.2 Å². The molecule has 120 valence electrons. The number of anilines is 1. The number of hydrogen-bond donors (Lipinski definition) is 1. The molecule has 0 unspecified atom stereocenters. The van der Waals surface area contributed by atoms with Gasteiger partial charge in [-0.1, -0.05) is 13.0 Å². The lowest BCUT2D eigenvalue weighted by Gasteiger charge is -2.25. The van der Waals surface area contributed by atoms with Crippen molar-refractivity contribution >= 4 is 5.69 Å². The summed E-state index contributed by atoms with van der Waals surface area (Å²) in [6.07, 6.45) is -3.53. The van der Waals surface area contributed by atoms with Crippen molar-refractivity contribution in [2.75, 3.05) is 18.5 Å². The number of alkyl halides is 3. The molecule has 1 rings (SSSR count). The van der Waals surface area contributed by atoms with Crippen molar-refractivity contribution < 1.29 is 13.2 Å². The van der Waals surface area contributed by atoms with E-state index in [9.17, 15) is 13.2 Å². The first-order valence-corrected chi connectivity index (χ1v) is 7.21. The molecule has 1 N–H and O–H groups in total. The van der Waals surface area contributed by atoms with Gasteiger partial charge >= 0.3 is 6.18 Å². The third-order valence-electron chi connectivity index (χ3n) is 3.16. The van der Waals surface area contributed by atoms with E-state index in [0.717, 1.165) is 6.42 Å². The monoisotopic (exact) mass is 302 g/mol. The summed E-state index contributed by atoms with van der Waals surface area (Å²) in [4.78, 5) is 1.66. The molecule has 1 aromatic carbocycles. The number of benzene rings is 1. The van der Waals surface area contributed by atoms with Gasteiger partial charge in [0.2, 0.25) is 0 Å². The Morgan fingerprint density at radius 3 is 2.24 bits per heavy atom. The van der Waals surface area contributed by atoms with Gasteiger partial charge in [0.15, 0.2) is 0 Å². The number of nitrogens with zero attached hydrogens (tertiary/aromatic N) is 1. The third kappa shape index (κ3) is 5.58. The Labute approximate surface area is 125 Å². The molecule has 0 aromatic heterocycles. The number of rotatable bonds is 5. The molecule has 0 bridgehead atoms. The molecule has 0 atom stereocenters. The van der Waals surface area contributed by atoms with Gasteiger partial charge in [-0.15, -0.1) is 0 Å². The van der Waals surface area contributed by atoms with Crippen LogP contribution in [-0.4, -0.2) is 19.1 Å². The van der Waals surface area contributed by atoms with Crippen LogP contribution in [0.5, 0.6) is 0 Å². The van der Waals surface area contributed by atoms with Gasteiger partial charge in [0.25, 0.3) is 0 Å². The predicted molar refractivity (Wildman–Crippen MR) is 81.6 cm³/mol. The van der Waals surface area contributed by atoms with Gasteiger partial charge < -0.3 is 10.2 Å². The summed E-state index contributed by atoms with van der Waals surface area (Å²) in [5.74, 6) is 0. The third-order valence-corrected chi connectivity index (χ3v) is 3.16. The van der Waals surface area contributed by atoms with Gasteiger partial charge in [0.1, 0.15) is 0 Å². The second-order valence-corrected chi connectivity index (χ2v) is 6.37. The highest BCUT2D eigenvalue weighted by molar-refractivity contribution is 5.56. The van der Waals surface area contributed by atoms with Crippen LogP contribution in [0, 0.1) is 0 Å². The largest absolute Gasteiger partial charge is 0.418 e. The zero-order valence-electron chi connectivity index (χ0n) is 13.4. The van der Waals surface area contributed by atoms with Crippen molar-refractivity contribution in [3.63, 3.8) is 0 Å². The minimum atomic E-state index is -4.34. The van der Waals surface area contributed by atoms with Crippen LogP contribution in [0.3, 0.4) is 0 Å². The zero-order valence-corrected chi connectivity index (χ0v) is 13.4. The number of hydrogen-bond acceptors (Lipinski definition) is 2. The van der Waals surface area contributed by atoms with E-state index in [4.69, 9.17) is 0 Å². The molecule has 0 saturated carbocycles. The molecule has 5 heteroatoms. The number of nitrogens with one attached hydrogen (secondary N) is 1. The van der Waals surface area contributed by atoms with Gasteiger partial charge in [-0.25, -0.2) is 0 Å². The second kappa shape index (κ2) is 6.69. The van der Waals surface area contributed by atoms with Crippen molar-refractivity contribution in [2.24, 2.45) is 0 Å². The first-order valence-electron chi connectivity index (χ1n) is 7.21. The number of halogens is 3. The summed E-state index contributed by atoms with van der Waals surface area (Å²) in [6.45, 7) is 8.93. The van der Waals surface area contributed by atoms with E-state index < -0.39 is 11.7 Å². The minimum absolute atomic E-state index is 0.129. The molecule has 0 radical (unpaired) electrons. The molecule has 0 aliphatic carbocycles. The molecular weight excluding hydrogens is 277 g/mol. The summed E-state index contributed by atoms with van der Waals surface area (Å²) in [5.41, 5.74) is 0.192. The van der Waals surface area contributed by atoms with Gasteiger partial charge in [0.05, 0.1) is 5.56 Å². The smallest absolute Gasteiger partial charge is 0.374 e. The van der Waals surface area contributed by atoms with Crippen molar-refractivity contribution in [3.8, 4) is 0 Å². The molecule has 0 aliphatic rings. The van der Waals surface area contributed by atoms with Crippen LogP contribution in [0.2, 0.25) is 0 Å². The fourth-order valence-corrected chi connectivity index (χ4v) is 2.08. The molecule has 0 amide bonds. The maximum atomic E-state index is 13.3. The molecule has 0 heterocycles. The van der Waals surface area contributed by atoms with E-state index in [-0.39, 0.29) is 11.2 Å². The lowest BCUT2D eigenvalue weighted by Crippen LogP contribution is -2.35. The molecule has 2 nitrogen and oxygen atoms in total. The lowest BCUT2D eigenvalue weighted by atomic mass is 10.0. The SMILES string of the molecule is CCCN(C)c1ccc(CNC(C)(C)C)cc1C(F)(F)F.